The van der Waals surface area contributed by atoms with Crippen molar-refractivity contribution in [2.75, 3.05) is 5.32 Å². The first-order valence-corrected chi connectivity index (χ1v) is 7.25. The third kappa shape index (κ3) is 2.70. The van der Waals surface area contributed by atoms with Crippen molar-refractivity contribution in [2.24, 2.45) is 0 Å². The summed E-state index contributed by atoms with van der Waals surface area (Å²) in [5, 5.41) is 4.33. The lowest BCUT2D eigenvalue weighted by Crippen LogP contribution is -1.96. The molecule has 1 N–H and O–H groups in total. The molecule has 0 unspecified atom stereocenters. The lowest BCUT2D eigenvalue weighted by molar-refractivity contribution is 0.628. The fourth-order valence-corrected chi connectivity index (χ4v) is 3.19. The Bertz CT molecular complexity index is 783. The van der Waals surface area contributed by atoms with Gasteiger partial charge in [-0.15, -0.1) is 11.3 Å². The van der Waals surface area contributed by atoms with E-state index in [2.05, 4.69) is 15.3 Å². The minimum absolute atomic E-state index is 0.143. The summed E-state index contributed by atoms with van der Waals surface area (Å²) in [5.74, 6) is 0.115. The molecule has 102 valence electrons. The second-order valence-corrected chi connectivity index (χ2v) is 6.21. The quantitative estimate of drug-likeness (QED) is 0.658. The van der Waals surface area contributed by atoms with E-state index in [1.54, 1.807) is 6.07 Å². The monoisotopic (exact) mass is 327 g/mol. The highest BCUT2D eigenvalue weighted by Gasteiger charge is 2.10. The van der Waals surface area contributed by atoms with Crippen LogP contribution < -0.4 is 5.32 Å². The highest BCUT2D eigenvalue weighted by atomic mass is 35.5. The van der Waals surface area contributed by atoms with Crippen LogP contribution in [0.15, 0.2) is 24.3 Å². The SMILES string of the molecule is Cc1cc2c(Nc3cc(F)cc(Cl)c3)nc(Cl)nc2s1. The molecule has 3 rings (SSSR count). The van der Waals surface area contributed by atoms with E-state index in [1.807, 2.05) is 13.0 Å². The van der Waals surface area contributed by atoms with Crippen molar-refractivity contribution in [3.63, 3.8) is 0 Å². The Morgan fingerprint density at radius 2 is 1.95 bits per heavy atom. The van der Waals surface area contributed by atoms with Gasteiger partial charge in [-0.3, -0.25) is 0 Å². The number of halogens is 3. The van der Waals surface area contributed by atoms with Crippen molar-refractivity contribution < 1.29 is 4.39 Å². The van der Waals surface area contributed by atoms with Gasteiger partial charge in [0.1, 0.15) is 16.5 Å². The van der Waals surface area contributed by atoms with Gasteiger partial charge in [0.25, 0.3) is 0 Å². The van der Waals surface area contributed by atoms with E-state index in [9.17, 15) is 4.39 Å². The molecule has 0 amide bonds. The maximum Gasteiger partial charge on any atom is 0.225 e. The second-order valence-electron chi connectivity index (χ2n) is 4.20. The van der Waals surface area contributed by atoms with Gasteiger partial charge < -0.3 is 5.32 Å². The number of hydrogen-bond acceptors (Lipinski definition) is 4. The van der Waals surface area contributed by atoms with Gasteiger partial charge >= 0.3 is 0 Å². The summed E-state index contributed by atoms with van der Waals surface area (Å²) in [6.45, 7) is 1.98. The first-order valence-electron chi connectivity index (χ1n) is 5.68. The van der Waals surface area contributed by atoms with Crippen LogP contribution in [-0.4, -0.2) is 9.97 Å². The van der Waals surface area contributed by atoms with Gasteiger partial charge in [-0.2, -0.15) is 4.98 Å². The Hall–Kier alpha value is -1.43. The maximum absolute atomic E-state index is 13.3. The molecule has 3 nitrogen and oxygen atoms in total. The number of anilines is 2. The fourth-order valence-electron chi connectivity index (χ4n) is 1.87. The fraction of sp³-hybridized carbons (Fsp3) is 0.0769. The Morgan fingerprint density at radius 3 is 2.70 bits per heavy atom. The lowest BCUT2D eigenvalue weighted by Gasteiger charge is -2.07. The molecule has 0 aliphatic rings. The summed E-state index contributed by atoms with van der Waals surface area (Å²) in [4.78, 5) is 10.2. The van der Waals surface area contributed by atoms with Crippen molar-refractivity contribution in [1.29, 1.82) is 0 Å². The largest absolute Gasteiger partial charge is 0.339 e. The third-order valence-corrected chi connectivity index (χ3v) is 3.95. The Morgan fingerprint density at radius 1 is 1.15 bits per heavy atom. The number of fused-ring (bicyclic) bond motifs is 1. The number of aryl methyl sites for hydroxylation is 1. The number of hydrogen-bond donors (Lipinski definition) is 1. The van der Waals surface area contributed by atoms with E-state index in [4.69, 9.17) is 23.2 Å². The van der Waals surface area contributed by atoms with Crippen LogP contribution in [0.1, 0.15) is 4.88 Å². The number of benzene rings is 1. The predicted molar refractivity (Wildman–Crippen MR) is 81.9 cm³/mol. The van der Waals surface area contributed by atoms with E-state index >= 15 is 0 Å². The van der Waals surface area contributed by atoms with Crippen LogP contribution in [-0.2, 0) is 0 Å². The van der Waals surface area contributed by atoms with Gasteiger partial charge in [-0.05, 0) is 42.8 Å². The summed E-state index contributed by atoms with van der Waals surface area (Å²) >= 11 is 13.3. The van der Waals surface area contributed by atoms with Crippen LogP contribution in [0.5, 0.6) is 0 Å². The molecule has 0 spiro atoms. The van der Waals surface area contributed by atoms with Crippen LogP contribution in [0.25, 0.3) is 10.2 Å². The van der Waals surface area contributed by atoms with Crippen LogP contribution >= 0.6 is 34.5 Å². The van der Waals surface area contributed by atoms with E-state index in [0.29, 0.717) is 16.5 Å². The summed E-state index contributed by atoms with van der Waals surface area (Å²) in [6.07, 6.45) is 0. The smallest absolute Gasteiger partial charge is 0.225 e. The van der Waals surface area contributed by atoms with Crippen molar-refractivity contribution in [1.82, 2.24) is 9.97 Å². The Kier molecular flexibility index (Phi) is 3.50. The van der Waals surface area contributed by atoms with Gasteiger partial charge in [0.2, 0.25) is 5.28 Å². The van der Waals surface area contributed by atoms with Gasteiger partial charge in [-0.25, -0.2) is 9.37 Å². The molecule has 0 radical (unpaired) electrons. The highest BCUT2D eigenvalue weighted by molar-refractivity contribution is 7.18. The molecule has 3 aromatic rings. The van der Waals surface area contributed by atoms with E-state index in [-0.39, 0.29) is 5.28 Å². The first kappa shape index (κ1) is 13.5. The number of aromatic nitrogens is 2. The molecule has 0 aliphatic heterocycles. The van der Waals surface area contributed by atoms with Gasteiger partial charge in [0.15, 0.2) is 0 Å². The van der Waals surface area contributed by atoms with Crippen molar-refractivity contribution in [3.05, 3.63) is 45.3 Å². The number of nitrogens with one attached hydrogen (secondary N) is 1. The Balaban J connectivity index is 2.09. The molecule has 1 aromatic carbocycles. The molecular weight excluding hydrogens is 320 g/mol. The topological polar surface area (TPSA) is 37.8 Å². The van der Waals surface area contributed by atoms with Gasteiger partial charge in [0, 0.05) is 15.6 Å². The van der Waals surface area contributed by atoms with E-state index in [0.717, 1.165) is 15.1 Å². The van der Waals surface area contributed by atoms with Crippen LogP contribution in [0, 0.1) is 12.7 Å². The minimum Gasteiger partial charge on any atom is -0.339 e. The zero-order valence-corrected chi connectivity index (χ0v) is 12.6. The molecule has 0 atom stereocenters. The van der Waals surface area contributed by atoms with Crippen LogP contribution in [0.4, 0.5) is 15.9 Å². The summed E-state index contributed by atoms with van der Waals surface area (Å²) in [5.41, 5.74) is 0.509. The minimum atomic E-state index is -0.419. The Labute approximate surface area is 128 Å². The van der Waals surface area contributed by atoms with E-state index < -0.39 is 5.82 Å². The summed E-state index contributed by atoms with van der Waals surface area (Å²) in [6, 6.07) is 6.16. The molecular formula is C13H8Cl2FN3S. The third-order valence-electron chi connectivity index (χ3n) is 2.61. The predicted octanol–water partition coefficient (Wildman–Crippen LogP) is 5.19. The van der Waals surface area contributed by atoms with Crippen LogP contribution in [0.3, 0.4) is 0 Å². The number of thiophene rings is 1. The molecule has 0 saturated heterocycles. The van der Waals surface area contributed by atoms with Gasteiger partial charge in [0.05, 0.1) is 5.39 Å². The highest BCUT2D eigenvalue weighted by Crippen LogP contribution is 2.31. The zero-order chi connectivity index (χ0) is 14.3. The number of rotatable bonds is 2. The molecule has 20 heavy (non-hydrogen) atoms. The second kappa shape index (κ2) is 5.16. The molecule has 0 bridgehead atoms. The lowest BCUT2D eigenvalue weighted by atomic mass is 10.3. The molecule has 0 aliphatic carbocycles. The average molecular weight is 328 g/mol. The molecule has 2 heterocycles. The van der Waals surface area contributed by atoms with Gasteiger partial charge in [-0.1, -0.05) is 11.6 Å². The maximum atomic E-state index is 13.3. The number of nitrogens with zero attached hydrogens (tertiary/aromatic N) is 2. The van der Waals surface area contributed by atoms with Crippen molar-refractivity contribution in [3.8, 4) is 0 Å². The van der Waals surface area contributed by atoms with Crippen LogP contribution in [0.2, 0.25) is 10.3 Å². The summed E-state index contributed by atoms with van der Waals surface area (Å²) < 4.78 is 13.3. The first-order chi connectivity index (χ1) is 9.51. The normalized spacial score (nSPS) is 11.0. The van der Waals surface area contributed by atoms with Crippen molar-refractivity contribution in [2.45, 2.75) is 6.92 Å². The molecule has 2 aromatic heterocycles. The summed E-state index contributed by atoms with van der Waals surface area (Å²) in [7, 11) is 0. The molecule has 0 fully saturated rings. The molecule has 0 saturated carbocycles. The average Bonchev–Trinajstić information content (AvgIpc) is 2.68. The molecule has 7 heteroatoms. The van der Waals surface area contributed by atoms with Crippen molar-refractivity contribution >= 4 is 56.3 Å². The standard InChI is InChI=1S/C13H8Cl2FN3S/c1-6-2-10-11(18-13(15)19-12(10)20-6)17-9-4-7(14)3-8(16)5-9/h2-5H,1H3,(H,17,18,19). The zero-order valence-electron chi connectivity index (χ0n) is 10.2. The van der Waals surface area contributed by atoms with E-state index in [1.165, 1.54) is 23.5 Å².